The quantitative estimate of drug-likeness (QED) is 0.565. The summed E-state index contributed by atoms with van der Waals surface area (Å²) in [5.41, 5.74) is 8.20. The maximum atomic E-state index is 13.9. The fourth-order valence-electron chi connectivity index (χ4n) is 3.02. The Bertz CT molecular complexity index is 875. The van der Waals surface area contributed by atoms with Gasteiger partial charge in [0.25, 0.3) is 0 Å². The van der Waals surface area contributed by atoms with Crippen LogP contribution < -0.4 is 10.6 Å². The van der Waals surface area contributed by atoms with Crippen molar-refractivity contribution < 1.29 is 4.39 Å². The van der Waals surface area contributed by atoms with Crippen LogP contribution in [-0.4, -0.2) is 0 Å². The normalized spacial score (nSPS) is 10.6. The van der Waals surface area contributed by atoms with Crippen molar-refractivity contribution >= 4 is 22.7 Å². The molecule has 0 atom stereocenters. The van der Waals surface area contributed by atoms with Gasteiger partial charge in [0.2, 0.25) is 0 Å². The van der Waals surface area contributed by atoms with Crippen LogP contribution in [0.15, 0.2) is 54.6 Å². The zero-order chi connectivity index (χ0) is 18.0. The van der Waals surface area contributed by atoms with Crippen molar-refractivity contribution in [2.75, 3.05) is 10.6 Å². The van der Waals surface area contributed by atoms with E-state index in [1.54, 1.807) is 6.07 Å². The highest BCUT2D eigenvalue weighted by atomic mass is 19.1. The van der Waals surface area contributed by atoms with E-state index in [1.165, 1.54) is 12.1 Å². The van der Waals surface area contributed by atoms with Crippen LogP contribution in [0.4, 0.5) is 27.1 Å². The average Bonchev–Trinajstić information content (AvgIpc) is 2.56. The highest BCUT2D eigenvalue weighted by Gasteiger charge is 2.10. The highest BCUT2D eigenvalue weighted by Crippen LogP contribution is 2.33. The van der Waals surface area contributed by atoms with Gasteiger partial charge in [0, 0.05) is 11.4 Å². The number of hydrogen-bond acceptors (Lipinski definition) is 2. The molecule has 0 radical (unpaired) electrons. The van der Waals surface area contributed by atoms with Crippen LogP contribution in [0.3, 0.4) is 0 Å². The van der Waals surface area contributed by atoms with Crippen molar-refractivity contribution in [1.29, 1.82) is 0 Å². The molecule has 0 saturated heterocycles. The maximum Gasteiger partial charge on any atom is 0.125 e. The first-order valence-corrected chi connectivity index (χ1v) is 8.42. The Hall–Kier alpha value is -2.81. The number of halogens is 1. The molecule has 3 heteroatoms. The van der Waals surface area contributed by atoms with Crippen LogP contribution in [-0.2, 0) is 0 Å². The van der Waals surface area contributed by atoms with Crippen molar-refractivity contribution in [3.05, 3.63) is 82.7 Å². The van der Waals surface area contributed by atoms with Gasteiger partial charge in [-0.25, -0.2) is 4.39 Å². The number of nitrogens with one attached hydrogen (secondary N) is 2. The van der Waals surface area contributed by atoms with Gasteiger partial charge in [-0.15, -0.1) is 0 Å². The topological polar surface area (TPSA) is 24.1 Å². The van der Waals surface area contributed by atoms with E-state index in [1.807, 2.05) is 38.1 Å². The van der Waals surface area contributed by atoms with Gasteiger partial charge in [0.15, 0.2) is 0 Å². The Labute approximate surface area is 148 Å². The Balaban J connectivity index is 2.02. The molecular formula is C22H23FN2. The first-order chi connectivity index (χ1) is 12.0. The first kappa shape index (κ1) is 17.0. The number of hydrogen-bond donors (Lipinski definition) is 2. The van der Waals surface area contributed by atoms with Crippen molar-refractivity contribution in [3.8, 4) is 0 Å². The van der Waals surface area contributed by atoms with E-state index in [0.29, 0.717) is 0 Å². The van der Waals surface area contributed by atoms with Gasteiger partial charge in [-0.2, -0.15) is 0 Å². The van der Waals surface area contributed by atoms with Gasteiger partial charge in [0.05, 0.1) is 11.4 Å². The Morgan fingerprint density at radius 3 is 1.52 bits per heavy atom. The minimum atomic E-state index is -0.263. The molecule has 0 aliphatic rings. The smallest absolute Gasteiger partial charge is 0.125 e. The van der Waals surface area contributed by atoms with Crippen molar-refractivity contribution in [3.63, 3.8) is 0 Å². The second-order valence-electron chi connectivity index (χ2n) is 6.47. The molecule has 0 spiro atoms. The monoisotopic (exact) mass is 334 g/mol. The minimum Gasteiger partial charge on any atom is -0.353 e. The van der Waals surface area contributed by atoms with Crippen molar-refractivity contribution in [2.24, 2.45) is 0 Å². The Kier molecular flexibility index (Phi) is 4.75. The number of anilines is 4. The summed E-state index contributed by atoms with van der Waals surface area (Å²) in [5.74, 6) is -0.263. The van der Waals surface area contributed by atoms with Gasteiger partial charge < -0.3 is 10.6 Å². The summed E-state index contributed by atoms with van der Waals surface area (Å²) in [5, 5.41) is 6.87. The van der Waals surface area contributed by atoms with Crippen LogP contribution in [0.25, 0.3) is 0 Å². The zero-order valence-corrected chi connectivity index (χ0v) is 15.1. The van der Waals surface area contributed by atoms with E-state index >= 15 is 0 Å². The standard InChI is InChI=1S/C22H23FN2/c1-14-7-5-8-15(2)21(14)24-19-12-11-18(23)13-20(19)25-22-16(3)9-6-10-17(22)4/h5-13,24-25H,1-4H3. The molecule has 2 N–H and O–H groups in total. The summed E-state index contributed by atoms with van der Waals surface area (Å²) in [6.45, 7) is 8.23. The van der Waals surface area contributed by atoms with Gasteiger partial charge in [0.1, 0.15) is 5.82 Å². The van der Waals surface area contributed by atoms with Gasteiger partial charge in [-0.05, 0) is 68.1 Å². The molecule has 0 amide bonds. The second kappa shape index (κ2) is 6.98. The number of benzene rings is 3. The SMILES string of the molecule is Cc1cccc(C)c1Nc1ccc(F)cc1Nc1c(C)cccc1C. The van der Waals surface area contributed by atoms with E-state index in [0.717, 1.165) is 45.0 Å². The van der Waals surface area contributed by atoms with Crippen molar-refractivity contribution in [1.82, 2.24) is 0 Å². The van der Waals surface area contributed by atoms with Crippen LogP contribution in [0.2, 0.25) is 0 Å². The first-order valence-electron chi connectivity index (χ1n) is 8.42. The summed E-state index contributed by atoms with van der Waals surface area (Å²) in [7, 11) is 0. The molecule has 0 aliphatic carbocycles. The lowest BCUT2D eigenvalue weighted by molar-refractivity contribution is 0.628. The van der Waals surface area contributed by atoms with Gasteiger partial charge in [-0.1, -0.05) is 36.4 Å². The summed E-state index contributed by atoms with van der Waals surface area (Å²) < 4.78 is 13.9. The summed E-state index contributed by atoms with van der Waals surface area (Å²) in [6.07, 6.45) is 0. The molecule has 3 aromatic carbocycles. The van der Waals surface area contributed by atoms with Crippen LogP contribution in [0.5, 0.6) is 0 Å². The van der Waals surface area contributed by atoms with Crippen LogP contribution in [0, 0.1) is 33.5 Å². The number of aryl methyl sites for hydroxylation is 4. The molecule has 2 nitrogen and oxygen atoms in total. The van der Waals surface area contributed by atoms with E-state index in [4.69, 9.17) is 0 Å². The predicted molar refractivity (Wildman–Crippen MR) is 105 cm³/mol. The second-order valence-corrected chi connectivity index (χ2v) is 6.47. The van der Waals surface area contributed by atoms with E-state index < -0.39 is 0 Å². The lowest BCUT2D eigenvalue weighted by atomic mass is 10.1. The van der Waals surface area contributed by atoms with E-state index in [2.05, 4.69) is 36.6 Å². The molecule has 0 unspecified atom stereocenters. The number of para-hydroxylation sites is 2. The maximum absolute atomic E-state index is 13.9. The Morgan fingerprint density at radius 1 is 0.600 bits per heavy atom. The molecule has 3 aromatic rings. The third-order valence-corrected chi connectivity index (χ3v) is 4.46. The zero-order valence-electron chi connectivity index (χ0n) is 15.1. The van der Waals surface area contributed by atoms with Crippen LogP contribution in [0.1, 0.15) is 22.3 Å². The third kappa shape index (κ3) is 3.66. The third-order valence-electron chi connectivity index (χ3n) is 4.46. The van der Waals surface area contributed by atoms with Gasteiger partial charge >= 0.3 is 0 Å². The van der Waals surface area contributed by atoms with Crippen LogP contribution >= 0.6 is 0 Å². The molecular weight excluding hydrogens is 311 g/mol. The van der Waals surface area contributed by atoms with E-state index in [-0.39, 0.29) is 5.82 Å². The molecule has 3 rings (SSSR count). The fourth-order valence-corrected chi connectivity index (χ4v) is 3.02. The average molecular weight is 334 g/mol. The fraction of sp³-hybridized carbons (Fsp3) is 0.182. The molecule has 0 heterocycles. The number of rotatable bonds is 4. The molecule has 0 bridgehead atoms. The minimum absolute atomic E-state index is 0.263. The lowest BCUT2D eigenvalue weighted by Crippen LogP contribution is -2.02. The summed E-state index contributed by atoms with van der Waals surface area (Å²) in [4.78, 5) is 0. The van der Waals surface area contributed by atoms with Crippen molar-refractivity contribution in [2.45, 2.75) is 27.7 Å². The molecule has 0 fully saturated rings. The lowest BCUT2D eigenvalue weighted by Gasteiger charge is -2.19. The molecule has 25 heavy (non-hydrogen) atoms. The Morgan fingerprint density at radius 2 is 1.04 bits per heavy atom. The molecule has 0 saturated carbocycles. The largest absolute Gasteiger partial charge is 0.353 e. The molecule has 0 aromatic heterocycles. The van der Waals surface area contributed by atoms with Gasteiger partial charge in [-0.3, -0.25) is 0 Å². The highest BCUT2D eigenvalue weighted by molar-refractivity contribution is 5.81. The van der Waals surface area contributed by atoms with E-state index in [9.17, 15) is 4.39 Å². The molecule has 0 aliphatic heterocycles. The molecule has 128 valence electrons. The summed E-state index contributed by atoms with van der Waals surface area (Å²) >= 11 is 0. The summed E-state index contributed by atoms with van der Waals surface area (Å²) in [6, 6.07) is 17.1. The predicted octanol–water partition coefficient (Wildman–Crippen LogP) is 6.55.